The van der Waals surface area contributed by atoms with Crippen LogP contribution in [0.4, 0.5) is 22.4 Å². The number of urea groups is 1. The summed E-state index contributed by atoms with van der Waals surface area (Å²) in [6.45, 7) is 6.14. The van der Waals surface area contributed by atoms with Crippen LogP contribution >= 0.6 is 15.9 Å². The number of rotatable bonds is 5. The van der Waals surface area contributed by atoms with E-state index in [0.717, 1.165) is 6.07 Å². The lowest BCUT2D eigenvalue weighted by Crippen LogP contribution is -2.60. The van der Waals surface area contributed by atoms with Gasteiger partial charge in [0.05, 0.1) is 30.9 Å². The van der Waals surface area contributed by atoms with Crippen LogP contribution in [-0.4, -0.2) is 35.7 Å². The molecule has 1 aliphatic heterocycles. The molecular formula is C23H25BrF4N2O2. The molecule has 0 aromatic heterocycles. The molecule has 2 aromatic rings. The van der Waals surface area contributed by atoms with E-state index in [2.05, 4.69) is 21.2 Å². The van der Waals surface area contributed by atoms with E-state index in [9.17, 15) is 22.4 Å². The zero-order valence-electron chi connectivity index (χ0n) is 18.0. The van der Waals surface area contributed by atoms with Crippen molar-refractivity contribution in [1.29, 1.82) is 0 Å². The van der Waals surface area contributed by atoms with Crippen molar-refractivity contribution in [1.82, 2.24) is 10.2 Å². The highest BCUT2D eigenvalue weighted by Crippen LogP contribution is 2.36. The third-order valence-electron chi connectivity index (χ3n) is 5.01. The van der Waals surface area contributed by atoms with Crippen LogP contribution in [0.5, 0.6) is 0 Å². The van der Waals surface area contributed by atoms with Crippen molar-refractivity contribution in [2.24, 2.45) is 0 Å². The van der Waals surface area contributed by atoms with Gasteiger partial charge in [0.25, 0.3) is 0 Å². The summed E-state index contributed by atoms with van der Waals surface area (Å²) in [5.74, 6) is -0.574. The molecule has 1 fully saturated rings. The average Bonchev–Trinajstić information content (AvgIpc) is 2.61. The van der Waals surface area contributed by atoms with Gasteiger partial charge in [0.1, 0.15) is 5.82 Å². The fourth-order valence-electron chi connectivity index (χ4n) is 3.49. The molecule has 2 amide bonds. The molecule has 0 radical (unpaired) electrons. The molecule has 174 valence electrons. The second kappa shape index (κ2) is 9.39. The van der Waals surface area contributed by atoms with Crippen LogP contribution in [0.1, 0.15) is 43.6 Å². The second-order valence-corrected chi connectivity index (χ2v) is 9.77. The molecule has 0 saturated carbocycles. The molecule has 4 nitrogen and oxygen atoms in total. The molecule has 1 N–H and O–H groups in total. The molecular weight excluding hydrogens is 492 g/mol. The minimum absolute atomic E-state index is 0.0222. The maximum absolute atomic E-state index is 14.7. The fraction of sp³-hybridized carbons (Fsp3) is 0.435. The SMILES string of the molecule is CC(C)(C)NC(=O)N1CC(OC(Cc2ccccc2C(F)(F)F)c2ccc(Br)cc2F)C1. The molecule has 1 saturated heterocycles. The van der Waals surface area contributed by atoms with Gasteiger partial charge in [-0.25, -0.2) is 9.18 Å². The standard InChI is InChI=1S/C23H25BrF4N2O2/c1-22(2,3)29-21(31)30-12-16(13-30)32-20(17-9-8-15(24)11-19(17)25)10-14-6-4-5-7-18(14)23(26,27)28/h4-9,11,16,20H,10,12-13H2,1-3H3,(H,29,31). The highest BCUT2D eigenvalue weighted by atomic mass is 79.9. The van der Waals surface area contributed by atoms with Gasteiger partial charge in [-0.1, -0.05) is 40.2 Å². The predicted octanol–water partition coefficient (Wildman–Crippen LogP) is 6.10. The summed E-state index contributed by atoms with van der Waals surface area (Å²) < 4.78 is 61.7. The summed E-state index contributed by atoms with van der Waals surface area (Å²) in [6, 6.07) is 9.35. The van der Waals surface area contributed by atoms with E-state index in [4.69, 9.17) is 4.74 Å². The van der Waals surface area contributed by atoms with Crippen molar-refractivity contribution in [2.45, 2.75) is 51.1 Å². The Morgan fingerprint density at radius 2 is 1.84 bits per heavy atom. The van der Waals surface area contributed by atoms with E-state index in [1.807, 2.05) is 20.8 Å². The number of benzene rings is 2. The van der Waals surface area contributed by atoms with Crippen molar-refractivity contribution in [2.75, 3.05) is 13.1 Å². The van der Waals surface area contributed by atoms with E-state index < -0.39 is 35.3 Å². The maximum atomic E-state index is 14.7. The Hall–Kier alpha value is -2.13. The first kappa shape index (κ1) is 24.5. The van der Waals surface area contributed by atoms with Gasteiger partial charge >= 0.3 is 12.2 Å². The second-order valence-electron chi connectivity index (χ2n) is 8.86. The molecule has 0 spiro atoms. The third kappa shape index (κ3) is 6.22. The van der Waals surface area contributed by atoms with Gasteiger partial charge in [-0.15, -0.1) is 0 Å². The maximum Gasteiger partial charge on any atom is 0.416 e. The third-order valence-corrected chi connectivity index (χ3v) is 5.50. The van der Waals surface area contributed by atoms with Gasteiger partial charge in [0.2, 0.25) is 0 Å². The highest BCUT2D eigenvalue weighted by molar-refractivity contribution is 9.10. The fourth-order valence-corrected chi connectivity index (χ4v) is 3.82. The molecule has 1 unspecified atom stereocenters. The van der Waals surface area contributed by atoms with Gasteiger partial charge in [0, 0.05) is 22.0 Å². The van der Waals surface area contributed by atoms with Crippen LogP contribution in [0, 0.1) is 5.82 Å². The highest BCUT2D eigenvalue weighted by Gasteiger charge is 2.37. The lowest BCUT2D eigenvalue weighted by atomic mass is 9.96. The summed E-state index contributed by atoms with van der Waals surface area (Å²) in [5.41, 5.74) is -0.976. The number of nitrogens with one attached hydrogen (secondary N) is 1. The molecule has 1 heterocycles. The summed E-state index contributed by atoms with van der Waals surface area (Å²) in [5, 5.41) is 2.85. The van der Waals surface area contributed by atoms with Crippen LogP contribution in [0.3, 0.4) is 0 Å². The van der Waals surface area contributed by atoms with Gasteiger partial charge in [-0.2, -0.15) is 13.2 Å². The van der Waals surface area contributed by atoms with Crippen molar-refractivity contribution in [3.63, 3.8) is 0 Å². The molecule has 3 rings (SSSR count). The zero-order chi connectivity index (χ0) is 23.7. The first-order valence-electron chi connectivity index (χ1n) is 10.2. The van der Waals surface area contributed by atoms with Crippen molar-refractivity contribution >= 4 is 22.0 Å². The van der Waals surface area contributed by atoms with E-state index >= 15 is 0 Å². The Morgan fingerprint density at radius 3 is 2.44 bits per heavy atom. The number of carbonyl (C=O) groups is 1. The lowest BCUT2D eigenvalue weighted by molar-refractivity contribution is -0.138. The number of hydrogen-bond donors (Lipinski definition) is 1. The van der Waals surface area contributed by atoms with Crippen molar-refractivity contribution < 1.29 is 27.1 Å². The Kier molecular flexibility index (Phi) is 7.19. The molecule has 2 aromatic carbocycles. The summed E-state index contributed by atoms with van der Waals surface area (Å²) in [6.07, 6.45) is -6.03. The van der Waals surface area contributed by atoms with E-state index in [1.165, 1.54) is 30.3 Å². The number of carbonyl (C=O) groups excluding carboxylic acids is 1. The van der Waals surface area contributed by atoms with Gasteiger partial charge in [-0.05, 0) is 44.5 Å². The van der Waals surface area contributed by atoms with E-state index in [-0.39, 0.29) is 36.7 Å². The predicted molar refractivity (Wildman–Crippen MR) is 117 cm³/mol. The number of ether oxygens (including phenoxy) is 1. The minimum atomic E-state index is -4.53. The Balaban J connectivity index is 1.79. The molecule has 0 bridgehead atoms. The van der Waals surface area contributed by atoms with E-state index in [1.54, 1.807) is 11.0 Å². The van der Waals surface area contributed by atoms with Crippen molar-refractivity contribution in [3.8, 4) is 0 Å². The number of halogens is 5. The van der Waals surface area contributed by atoms with Crippen LogP contribution < -0.4 is 5.32 Å². The van der Waals surface area contributed by atoms with Gasteiger partial charge in [-0.3, -0.25) is 0 Å². The molecule has 32 heavy (non-hydrogen) atoms. The van der Waals surface area contributed by atoms with Crippen LogP contribution in [0.25, 0.3) is 0 Å². The summed E-state index contributed by atoms with van der Waals surface area (Å²) >= 11 is 3.19. The summed E-state index contributed by atoms with van der Waals surface area (Å²) in [4.78, 5) is 13.8. The average molecular weight is 517 g/mol. The zero-order valence-corrected chi connectivity index (χ0v) is 19.6. The molecule has 1 atom stereocenters. The monoisotopic (exact) mass is 516 g/mol. The number of alkyl halides is 3. The normalized spacial score (nSPS) is 15.9. The first-order valence-corrected chi connectivity index (χ1v) is 11.0. The van der Waals surface area contributed by atoms with Gasteiger partial charge in [0.15, 0.2) is 0 Å². The minimum Gasteiger partial charge on any atom is -0.366 e. The molecule has 9 heteroatoms. The number of hydrogen-bond acceptors (Lipinski definition) is 2. The van der Waals surface area contributed by atoms with Crippen LogP contribution in [0.2, 0.25) is 0 Å². The van der Waals surface area contributed by atoms with E-state index in [0.29, 0.717) is 4.47 Å². The smallest absolute Gasteiger partial charge is 0.366 e. The van der Waals surface area contributed by atoms with Crippen LogP contribution in [-0.2, 0) is 17.3 Å². The quantitative estimate of drug-likeness (QED) is 0.488. The number of likely N-dealkylation sites (tertiary alicyclic amines) is 1. The molecule has 1 aliphatic rings. The van der Waals surface area contributed by atoms with Crippen molar-refractivity contribution in [3.05, 3.63) is 69.4 Å². The lowest BCUT2D eigenvalue weighted by Gasteiger charge is -2.42. The largest absolute Gasteiger partial charge is 0.416 e. The number of amides is 2. The van der Waals surface area contributed by atoms with Gasteiger partial charge < -0.3 is 15.0 Å². The molecule has 0 aliphatic carbocycles. The van der Waals surface area contributed by atoms with Crippen LogP contribution in [0.15, 0.2) is 46.9 Å². The Morgan fingerprint density at radius 1 is 1.19 bits per heavy atom. The number of nitrogens with zero attached hydrogens (tertiary/aromatic N) is 1. The topological polar surface area (TPSA) is 41.6 Å². The Bertz CT molecular complexity index is 969. The summed E-state index contributed by atoms with van der Waals surface area (Å²) in [7, 11) is 0. The Labute approximate surface area is 193 Å². The first-order chi connectivity index (χ1) is 14.8.